The number of carbonyl (C=O) groups excluding carboxylic acids is 4. The van der Waals surface area contributed by atoms with E-state index in [0.29, 0.717) is 110 Å². The molecule has 3 heterocycles. The lowest BCUT2D eigenvalue weighted by molar-refractivity contribution is -0.293. The van der Waals surface area contributed by atoms with E-state index in [2.05, 4.69) is 65.5 Å². The largest absolute Gasteiger partial charge is 0.472 e. The summed E-state index contributed by atoms with van der Waals surface area (Å²) in [5.74, 6) is -1.95. The molecule has 0 aromatic carbocycles. The van der Waals surface area contributed by atoms with Crippen molar-refractivity contribution in [3.8, 4) is 0 Å². The van der Waals surface area contributed by atoms with Crippen LogP contribution in [0.15, 0.2) is 24.3 Å². The average molecular weight is 1640 g/mol. The van der Waals surface area contributed by atoms with Gasteiger partial charge in [0.2, 0.25) is 11.8 Å². The van der Waals surface area contributed by atoms with Gasteiger partial charge in [0.25, 0.3) is 0 Å². The third kappa shape index (κ3) is 45.7. The topological polar surface area (TPSA) is 410 Å². The van der Waals surface area contributed by atoms with E-state index in [1.54, 1.807) is 20.8 Å². The summed E-state index contributed by atoms with van der Waals surface area (Å²) in [6.45, 7) is 14.9. The third-order valence-corrected chi connectivity index (χ3v) is 22.1. The van der Waals surface area contributed by atoms with E-state index in [-0.39, 0.29) is 51.5 Å². The Morgan fingerprint density at radius 3 is 1.25 bits per heavy atom. The molecule has 113 heavy (non-hydrogen) atoms. The number of aliphatic hydroxyl groups excluding tert-OH is 9. The van der Waals surface area contributed by atoms with Crippen molar-refractivity contribution < 1.29 is 122 Å². The van der Waals surface area contributed by atoms with Crippen molar-refractivity contribution in [2.45, 2.75) is 403 Å². The van der Waals surface area contributed by atoms with Crippen LogP contribution >= 0.6 is 7.82 Å². The minimum absolute atomic E-state index is 0.0949. The predicted molar refractivity (Wildman–Crippen MR) is 431 cm³/mol. The van der Waals surface area contributed by atoms with E-state index >= 15 is 4.79 Å². The van der Waals surface area contributed by atoms with Crippen molar-refractivity contribution in [3.05, 3.63) is 24.3 Å². The van der Waals surface area contributed by atoms with Crippen molar-refractivity contribution in [1.82, 2.24) is 20.4 Å². The SMILES string of the molecule is CCCCCC/C=C\CCCCCCC(=O)OC[C@H](COP(=O)(O)OCCNC(=O)[C@H](CCCCC)NC(=O)[C@H](CCCCN(CCCCO[C@H]1O[C@@H](C)[C@H](O)[C@@H](O)[C@H]1O)CCCCO[C@H]1O[C@@H](C)[C@H](O)[C@@H](O)[C@H]1O)N(CCCCC)CCCCO[C@H]1O[C@@H](C)[C@H](O)[C@@H](O)[C@H]1O)OC(=O)CCCCCC/C=C\CCCCCC. The summed E-state index contributed by atoms with van der Waals surface area (Å²) in [4.78, 5) is 71.0. The molecule has 0 aromatic heterocycles. The standard InChI is InChI=1S/C83H155N4O25P/c1-8-12-16-18-20-22-24-26-28-30-32-35-48-68(88)106-60-65(112-69(89)49-36-33-31-29-27-25-23-21-19-17-13-9-2)61-108-113(101,102)107-59-50-84-79(99)66(46-34-14-10-3)85-80(100)67(87(54-38-15-11-4)55-42-45-58-105-83-78(98)75(95)72(92)64(7)111-83)47-37-39-51-86(52-40-43-56-103-81-76(96)73(93)70(90)62(5)109-81)53-41-44-57-104-82-77(97)74(94)71(91)63(6)110-82/h22-25,62-67,70-78,81-83,90-98H,8-21,26-61H2,1-7H3,(H,84,99)(H,85,100)(H,101,102)/b24-22-,25-23-/t62-,63-,64-,65+,66-,67-,70-,71-,72-,73+,74+,75+,76+,77+,78+,81-,82-,83-/m0/s1. The predicted octanol–water partition coefficient (Wildman–Crippen LogP) is 9.70. The van der Waals surface area contributed by atoms with Crippen molar-refractivity contribution >= 4 is 31.6 Å². The molecule has 19 atom stereocenters. The number of unbranched alkanes of at least 4 members (excludes halogenated alkanes) is 24. The highest BCUT2D eigenvalue weighted by Crippen LogP contribution is 2.43. The maximum absolute atomic E-state index is 15.2. The second-order valence-electron chi connectivity index (χ2n) is 31.2. The number of carbonyl (C=O) groups is 4. The number of amides is 2. The number of nitrogens with zero attached hydrogens (tertiary/aromatic N) is 2. The molecule has 0 bridgehead atoms. The normalized spacial score (nSPS) is 25.6. The first-order valence-corrected chi connectivity index (χ1v) is 45.1. The lowest BCUT2D eigenvalue weighted by atomic mass is 10.00. The zero-order chi connectivity index (χ0) is 83.0. The van der Waals surface area contributed by atoms with Crippen LogP contribution in [0.1, 0.15) is 292 Å². The highest BCUT2D eigenvalue weighted by Gasteiger charge is 2.45. The van der Waals surface area contributed by atoms with Gasteiger partial charge in [-0.3, -0.25) is 33.1 Å². The van der Waals surface area contributed by atoms with Gasteiger partial charge in [-0.2, -0.15) is 0 Å². The zero-order valence-corrected chi connectivity index (χ0v) is 70.9. The fourth-order valence-corrected chi connectivity index (χ4v) is 14.6. The molecule has 0 aliphatic carbocycles. The molecule has 1 unspecified atom stereocenters. The van der Waals surface area contributed by atoms with Gasteiger partial charge in [0.05, 0.1) is 37.6 Å². The molecule has 662 valence electrons. The Labute approximate surface area is 676 Å². The molecule has 0 aromatic rings. The molecule has 0 radical (unpaired) electrons. The molecule has 3 fully saturated rings. The zero-order valence-electron chi connectivity index (χ0n) is 70.0. The smallest absolute Gasteiger partial charge is 0.462 e. The Balaban J connectivity index is 1.76. The highest BCUT2D eigenvalue weighted by atomic mass is 31.2. The molecule has 3 rings (SSSR count). The molecule has 3 saturated heterocycles. The Hall–Kier alpha value is -3.21. The van der Waals surface area contributed by atoms with Crippen LogP contribution in [0.5, 0.6) is 0 Å². The number of hydrogen-bond acceptors (Lipinski definition) is 26. The van der Waals surface area contributed by atoms with E-state index in [0.717, 1.165) is 96.3 Å². The molecular formula is C83H155N4O25P. The van der Waals surface area contributed by atoms with Crippen LogP contribution in [0.4, 0.5) is 0 Å². The first-order valence-electron chi connectivity index (χ1n) is 43.6. The first kappa shape index (κ1) is 104. The molecule has 12 N–H and O–H groups in total. The molecule has 0 saturated carbocycles. The van der Waals surface area contributed by atoms with Crippen LogP contribution in [-0.2, 0) is 70.7 Å². The van der Waals surface area contributed by atoms with E-state index in [1.165, 1.54) is 51.4 Å². The number of hydrogen-bond donors (Lipinski definition) is 12. The summed E-state index contributed by atoms with van der Waals surface area (Å²) in [7, 11) is -4.86. The fourth-order valence-electron chi connectivity index (χ4n) is 13.9. The molecule has 2 amide bonds. The van der Waals surface area contributed by atoms with Gasteiger partial charge in [-0.1, -0.05) is 155 Å². The molecule has 30 heteroatoms. The summed E-state index contributed by atoms with van der Waals surface area (Å²) < 4.78 is 69.9. The molecule has 0 spiro atoms. The minimum atomic E-state index is -4.86. The average Bonchev–Trinajstić information content (AvgIpc) is 0.833. The van der Waals surface area contributed by atoms with Crippen LogP contribution in [0.3, 0.4) is 0 Å². The second-order valence-corrected chi connectivity index (χ2v) is 32.6. The Kier molecular flexibility index (Phi) is 58.7. The van der Waals surface area contributed by atoms with Gasteiger partial charge in [0, 0.05) is 39.2 Å². The lowest BCUT2D eigenvalue weighted by Gasteiger charge is -2.39. The number of ether oxygens (including phenoxy) is 8. The highest BCUT2D eigenvalue weighted by molar-refractivity contribution is 7.47. The fraction of sp³-hybridized carbons (Fsp3) is 0.904. The maximum atomic E-state index is 15.2. The third-order valence-electron chi connectivity index (χ3n) is 21.2. The van der Waals surface area contributed by atoms with Gasteiger partial charge in [0.15, 0.2) is 25.0 Å². The molecule has 3 aliphatic heterocycles. The second kappa shape index (κ2) is 63.8. The Morgan fingerprint density at radius 1 is 0.416 bits per heavy atom. The van der Waals surface area contributed by atoms with Crippen molar-refractivity contribution in [3.63, 3.8) is 0 Å². The Bertz CT molecular complexity index is 2490. The van der Waals surface area contributed by atoms with Gasteiger partial charge in [-0.25, -0.2) is 4.57 Å². The summed E-state index contributed by atoms with van der Waals surface area (Å²) >= 11 is 0. The molecule has 3 aliphatic rings. The van der Waals surface area contributed by atoms with Gasteiger partial charge < -0.3 is 104 Å². The lowest BCUT2D eigenvalue weighted by Crippen LogP contribution is -2.57. The van der Waals surface area contributed by atoms with Crippen molar-refractivity contribution in [2.24, 2.45) is 0 Å². The molecule has 29 nitrogen and oxygen atoms in total. The molecular weight excluding hydrogens is 1480 g/mol. The number of phosphoric acid groups is 1. The quantitative estimate of drug-likeness (QED) is 0.0117. The van der Waals surface area contributed by atoms with Crippen LogP contribution < -0.4 is 10.6 Å². The van der Waals surface area contributed by atoms with E-state index < -0.39 is 156 Å². The van der Waals surface area contributed by atoms with E-state index in [9.17, 15) is 69.8 Å². The number of nitrogens with one attached hydrogen (secondary N) is 2. The summed E-state index contributed by atoms with van der Waals surface area (Å²) in [6, 6.07) is -1.72. The van der Waals surface area contributed by atoms with Crippen LogP contribution in [-0.4, -0.2) is 274 Å². The minimum Gasteiger partial charge on any atom is -0.462 e. The summed E-state index contributed by atoms with van der Waals surface area (Å²) in [5.41, 5.74) is 0. The van der Waals surface area contributed by atoms with E-state index in [4.69, 9.17) is 46.9 Å². The number of aliphatic hydroxyl groups is 9. The summed E-state index contributed by atoms with van der Waals surface area (Å²) in [6.07, 6.45) is 20.7. The Morgan fingerprint density at radius 2 is 0.796 bits per heavy atom. The van der Waals surface area contributed by atoms with Crippen LogP contribution in [0.2, 0.25) is 0 Å². The van der Waals surface area contributed by atoms with E-state index in [1.807, 2.05) is 6.92 Å². The first-order chi connectivity index (χ1) is 54.4. The van der Waals surface area contributed by atoms with Gasteiger partial charge >= 0.3 is 19.8 Å². The number of esters is 2. The number of rotatable bonds is 69. The van der Waals surface area contributed by atoms with Gasteiger partial charge in [-0.15, -0.1) is 0 Å². The summed E-state index contributed by atoms with van der Waals surface area (Å²) in [5, 5.41) is 99.4. The monoisotopic (exact) mass is 1640 g/mol. The van der Waals surface area contributed by atoms with Gasteiger partial charge in [0.1, 0.15) is 67.6 Å². The van der Waals surface area contributed by atoms with Crippen molar-refractivity contribution in [2.75, 3.05) is 78.9 Å². The number of allylic oxidation sites excluding steroid dienone is 4. The number of phosphoric ester groups is 1. The van der Waals surface area contributed by atoms with Gasteiger partial charge in [-0.05, 0) is 182 Å². The maximum Gasteiger partial charge on any atom is 0.472 e. The van der Waals surface area contributed by atoms with Crippen LogP contribution in [0.25, 0.3) is 0 Å². The van der Waals surface area contributed by atoms with Crippen molar-refractivity contribution in [1.29, 1.82) is 0 Å². The van der Waals surface area contributed by atoms with Crippen LogP contribution in [0, 0.1) is 0 Å².